The molecule has 0 radical (unpaired) electrons. The smallest absolute Gasteiger partial charge is 0.0389 e. The topological polar surface area (TPSA) is 52.0 Å². The number of allylic oxidation sites excluding steroid dienone is 3. The predicted octanol–water partition coefficient (Wildman–Crippen LogP) is 3.04. The van der Waals surface area contributed by atoms with Gasteiger partial charge in [-0.3, -0.25) is 0 Å². The van der Waals surface area contributed by atoms with Crippen molar-refractivity contribution in [3.05, 3.63) is 60.7 Å². The molecule has 0 aromatic heterocycles. The molecule has 0 spiro atoms. The highest BCUT2D eigenvalue weighted by atomic mass is 14.6. The molecule has 17 heavy (non-hydrogen) atoms. The second kappa shape index (κ2) is 5.94. The zero-order valence-electron chi connectivity index (χ0n) is 10.2. The van der Waals surface area contributed by atoms with Crippen LogP contribution in [0, 0.1) is 0 Å². The molecule has 0 aliphatic carbocycles. The number of nitrogens with two attached hydrogens (primary N) is 2. The Hall–Kier alpha value is -1.96. The van der Waals surface area contributed by atoms with Crippen molar-refractivity contribution in [3.63, 3.8) is 0 Å². The second-order valence-corrected chi connectivity index (χ2v) is 3.97. The lowest BCUT2D eigenvalue weighted by molar-refractivity contribution is 1.14. The van der Waals surface area contributed by atoms with Crippen LogP contribution in [-0.2, 0) is 19.3 Å². The van der Waals surface area contributed by atoms with E-state index in [0.717, 1.165) is 47.3 Å². The molecule has 0 aliphatic heterocycles. The lowest BCUT2D eigenvalue weighted by Crippen LogP contribution is -2.07. The van der Waals surface area contributed by atoms with Crippen LogP contribution in [0.2, 0.25) is 0 Å². The molecule has 0 heterocycles. The largest absolute Gasteiger partial charge is 0.398 e. The van der Waals surface area contributed by atoms with Gasteiger partial charge in [-0.25, -0.2) is 0 Å². The number of hydrogen-bond acceptors (Lipinski definition) is 2. The Morgan fingerprint density at radius 2 is 1.41 bits per heavy atom. The fraction of sp³-hybridized carbons (Fsp3) is 0.200. The Balaban J connectivity index is 3.39. The van der Waals surface area contributed by atoms with Gasteiger partial charge in [-0.2, -0.15) is 0 Å². The van der Waals surface area contributed by atoms with Gasteiger partial charge in [-0.05, 0) is 42.0 Å². The van der Waals surface area contributed by atoms with Crippen LogP contribution in [0.15, 0.2) is 44.0 Å². The van der Waals surface area contributed by atoms with E-state index >= 15 is 0 Å². The molecular weight excluding hydrogens is 208 g/mol. The van der Waals surface area contributed by atoms with Crippen molar-refractivity contribution in [2.24, 2.45) is 0 Å². The van der Waals surface area contributed by atoms with Crippen LogP contribution >= 0.6 is 0 Å². The summed E-state index contributed by atoms with van der Waals surface area (Å²) in [6.07, 6.45) is 7.70. The van der Waals surface area contributed by atoms with E-state index < -0.39 is 0 Å². The van der Waals surface area contributed by atoms with Crippen molar-refractivity contribution in [2.75, 3.05) is 11.5 Å². The summed E-state index contributed by atoms with van der Waals surface area (Å²) in [4.78, 5) is 0. The van der Waals surface area contributed by atoms with Gasteiger partial charge in [-0.1, -0.05) is 18.2 Å². The molecule has 0 atom stereocenters. The van der Waals surface area contributed by atoms with Crippen LogP contribution in [0.25, 0.3) is 0 Å². The second-order valence-electron chi connectivity index (χ2n) is 3.97. The van der Waals surface area contributed by atoms with Crippen LogP contribution in [0.4, 0.5) is 11.4 Å². The lowest BCUT2D eigenvalue weighted by atomic mass is 9.93. The van der Waals surface area contributed by atoms with E-state index in [-0.39, 0.29) is 0 Å². The van der Waals surface area contributed by atoms with Crippen molar-refractivity contribution >= 4 is 11.4 Å². The molecule has 0 saturated carbocycles. The van der Waals surface area contributed by atoms with E-state index in [4.69, 9.17) is 11.5 Å². The average Bonchev–Trinajstić information content (AvgIpc) is 2.30. The summed E-state index contributed by atoms with van der Waals surface area (Å²) in [6.45, 7) is 11.2. The Morgan fingerprint density at radius 1 is 0.882 bits per heavy atom. The molecule has 1 aromatic carbocycles. The average molecular weight is 228 g/mol. The highest BCUT2D eigenvalue weighted by molar-refractivity contribution is 5.67. The van der Waals surface area contributed by atoms with Gasteiger partial charge >= 0.3 is 0 Å². The first-order valence-electron chi connectivity index (χ1n) is 5.66. The van der Waals surface area contributed by atoms with Gasteiger partial charge in [0.1, 0.15) is 0 Å². The van der Waals surface area contributed by atoms with Gasteiger partial charge in [-0.15, -0.1) is 19.7 Å². The normalized spacial score (nSPS) is 9.88. The zero-order valence-corrected chi connectivity index (χ0v) is 10.2. The zero-order chi connectivity index (χ0) is 12.8. The van der Waals surface area contributed by atoms with Crippen molar-refractivity contribution < 1.29 is 0 Å². The first-order valence-corrected chi connectivity index (χ1v) is 5.66. The SMILES string of the molecule is C=CCc1cc(N)c(CC=C)c(CC=C)c1N. The number of hydrogen-bond donors (Lipinski definition) is 2. The van der Waals surface area contributed by atoms with E-state index in [0.29, 0.717) is 0 Å². The van der Waals surface area contributed by atoms with Gasteiger partial charge in [0.2, 0.25) is 0 Å². The maximum atomic E-state index is 6.17. The maximum absolute atomic E-state index is 6.17. The summed E-state index contributed by atoms with van der Waals surface area (Å²) in [5.74, 6) is 0. The molecule has 1 aromatic rings. The summed E-state index contributed by atoms with van der Waals surface area (Å²) in [5.41, 5.74) is 17.0. The van der Waals surface area contributed by atoms with Crippen molar-refractivity contribution in [1.82, 2.24) is 0 Å². The van der Waals surface area contributed by atoms with Gasteiger partial charge in [0.05, 0.1) is 0 Å². The fourth-order valence-electron chi connectivity index (χ4n) is 1.97. The van der Waals surface area contributed by atoms with Crippen LogP contribution in [0.1, 0.15) is 16.7 Å². The predicted molar refractivity (Wildman–Crippen MR) is 77.0 cm³/mol. The van der Waals surface area contributed by atoms with Crippen LogP contribution < -0.4 is 11.5 Å². The van der Waals surface area contributed by atoms with Gasteiger partial charge in [0, 0.05) is 11.4 Å². The third-order valence-corrected chi connectivity index (χ3v) is 2.77. The molecule has 2 heteroatoms. The van der Waals surface area contributed by atoms with Crippen LogP contribution in [-0.4, -0.2) is 0 Å². The first-order chi connectivity index (χ1) is 8.15. The Bertz CT molecular complexity index is 445. The molecule has 0 unspecified atom stereocenters. The molecule has 0 aliphatic rings. The standard InChI is InChI=1S/C15H20N2/c1-4-7-11-10-14(16)12(8-5-2)13(9-6-3)15(11)17/h4-6,10H,1-3,7-9,16-17H2. The van der Waals surface area contributed by atoms with E-state index in [1.54, 1.807) is 0 Å². The Labute approximate surface area is 103 Å². The van der Waals surface area contributed by atoms with Crippen molar-refractivity contribution in [3.8, 4) is 0 Å². The highest BCUT2D eigenvalue weighted by Gasteiger charge is 2.12. The summed E-state index contributed by atoms with van der Waals surface area (Å²) in [6, 6.07) is 1.93. The van der Waals surface area contributed by atoms with E-state index in [9.17, 15) is 0 Å². The third-order valence-electron chi connectivity index (χ3n) is 2.77. The molecule has 4 N–H and O–H groups in total. The highest BCUT2D eigenvalue weighted by Crippen LogP contribution is 2.29. The molecule has 0 fully saturated rings. The minimum atomic E-state index is 0.726. The van der Waals surface area contributed by atoms with E-state index in [1.165, 1.54) is 0 Å². The molecule has 0 saturated heterocycles. The summed E-state index contributed by atoms with van der Waals surface area (Å²) in [5, 5.41) is 0. The summed E-state index contributed by atoms with van der Waals surface area (Å²) < 4.78 is 0. The Morgan fingerprint density at radius 3 is 1.94 bits per heavy atom. The maximum Gasteiger partial charge on any atom is 0.0389 e. The van der Waals surface area contributed by atoms with E-state index in [1.807, 2.05) is 24.3 Å². The monoisotopic (exact) mass is 228 g/mol. The molecular formula is C15H20N2. The Kier molecular flexibility index (Phi) is 4.58. The molecule has 0 amide bonds. The van der Waals surface area contributed by atoms with Crippen molar-refractivity contribution in [1.29, 1.82) is 0 Å². The number of rotatable bonds is 6. The van der Waals surface area contributed by atoms with Gasteiger partial charge < -0.3 is 11.5 Å². The van der Waals surface area contributed by atoms with E-state index in [2.05, 4.69) is 19.7 Å². The van der Waals surface area contributed by atoms with Gasteiger partial charge in [0.15, 0.2) is 0 Å². The van der Waals surface area contributed by atoms with Crippen LogP contribution in [0.3, 0.4) is 0 Å². The number of benzene rings is 1. The number of anilines is 2. The minimum absolute atomic E-state index is 0.726. The molecule has 90 valence electrons. The summed E-state index contributed by atoms with van der Waals surface area (Å²) in [7, 11) is 0. The quantitative estimate of drug-likeness (QED) is 0.581. The third kappa shape index (κ3) is 2.78. The molecule has 0 bridgehead atoms. The van der Waals surface area contributed by atoms with Crippen LogP contribution in [0.5, 0.6) is 0 Å². The fourth-order valence-corrected chi connectivity index (χ4v) is 1.97. The van der Waals surface area contributed by atoms with Gasteiger partial charge in [0.25, 0.3) is 0 Å². The summed E-state index contributed by atoms with van der Waals surface area (Å²) >= 11 is 0. The first kappa shape index (κ1) is 13.1. The minimum Gasteiger partial charge on any atom is -0.398 e. The van der Waals surface area contributed by atoms with Crippen molar-refractivity contribution in [2.45, 2.75) is 19.3 Å². The lowest BCUT2D eigenvalue weighted by Gasteiger charge is -2.16. The molecule has 1 rings (SSSR count). The number of nitrogen functional groups attached to an aromatic ring is 2. The molecule has 2 nitrogen and oxygen atoms in total.